The standard InChI is InChI=1S/C14H24N2O/c1-5-12(9-15-3)10-16-13-8-11(2)6-7-14(13)17-4/h6-8,12,15-16H,5,9-10H2,1-4H3. The minimum Gasteiger partial charge on any atom is -0.495 e. The van der Waals surface area contributed by atoms with Crippen LogP contribution in [0, 0.1) is 12.8 Å². The summed E-state index contributed by atoms with van der Waals surface area (Å²) in [7, 11) is 3.71. The summed E-state index contributed by atoms with van der Waals surface area (Å²) in [6, 6.07) is 6.20. The molecule has 0 heterocycles. The van der Waals surface area contributed by atoms with Crippen LogP contribution in [-0.2, 0) is 0 Å². The predicted octanol–water partition coefficient (Wildman–Crippen LogP) is 2.66. The zero-order valence-corrected chi connectivity index (χ0v) is 11.3. The fraction of sp³-hybridized carbons (Fsp3) is 0.571. The van der Waals surface area contributed by atoms with E-state index in [4.69, 9.17) is 4.74 Å². The number of hydrogen-bond acceptors (Lipinski definition) is 3. The van der Waals surface area contributed by atoms with Gasteiger partial charge in [-0.15, -0.1) is 0 Å². The Morgan fingerprint density at radius 3 is 2.65 bits per heavy atom. The third-order valence-electron chi connectivity index (χ3n) is 3.01. The van der Waals surface area contributed by atoms with Crippen LogP contribution in [0.5, 0.6) is 5.75 Å². The summed E-state index contributed by atoms with van der Waals surface area (Å²) < 4.78 is 5.35. The molecule has 0 amide bonds. The quantitative estimate of drug-likeness (QED) is 0.763. The Kier molecular flexibility index (Phi) is 5.84. The monoisotopic (exact) mass is 236 g/mol. The number of ether oxygens (including phenoxy) is 1. The summed E-state index contributed by atoms with van der Waals surface area (Å²) in [5.74, 6) is 1.56. The van der Waals surface area contributed by atoms with E-state index in [1.807, 2.05) is 13.1 Å². The first-order valence-electron chi connectivity index (χ1n) is 6.24. The molecule has 0 aliphatic heterocycles. The van der Waals surface area contributed by atoms with Crippen molar-refractivity contribution in [3.63, 3.8) is 0 Å². The van der Waals surface area contributed by atoms with Gasteiger partial charge in [0.25, 0.3) is 0 Å². The average molecular weight is 236 g/mol. The first kappa shape index (κ1) is 13.8. The Labute approximate surface area is 105 Å². The molecule has 0 radical (unpaired) electrons. The molecule has 0 fully saturated rings. The lowest BCUT2D eigenvalue weighted by atomic mass is 10.1. The van der Waals surface area contributed by atoms with Gasteiger partial charge in [-0.3, -0.25) is 0 Å². The van der Waals surface area contributed by atoms with E-state index < -0.39 is 0 Å². The lowest BCUT2D eigenvalue weighted by Crippen LogP contribution is -2.24. The Hall–Kier alpha value is -1.22. The summed E-state index contributed by atoms with van der Waals surface area (Å²) in [5.41, 5.74) is 2.33. The number of hydrogen-bond donors (Lipinski definition) is 2. The van der Waals surface area contributed by atoms with Crippen molar-refractivity contribution in [2.75, 3.05) is 32.6 Å². The summed E-state index contributed by atoms with van der Waals surface area (Å²) in [6.07, 6.45) is 1.17. The van der Waals surface area contributed by atoms with Crippen molar-refractivity contribution in [2.45, 2.75) is 20.3 Å². The van der Waals surface area contributed by atoms with Crippen LogP contribution in [-0.4, -0.2) is 27.2 Å². The van der Waals surface area contributed by atoms with Crippen LogP contribution in [0.2, 0.25) is 0 Å². The Bertz CT molecular complexity index is 339. The highest BCUT2D eigenvalue weighted by molar-refractivity contribution is 5.57. The molecular weight excluding hydrogens is 212 g/mol. The second-order valence-electron chi connectivity index (χ2n) is 4.42. The smallest absolute Gasteiger partial charge is 0.141 e. The molecule has 0 aromatic heterocycles. The van der Waals surface area contributed by atoms with E-state index in [-0.39, 0.29) is 0 Å². The molecule has 0 saturated heterocycles. The summed E-state index contributed by atoms with van der Waals surface area (Å²) in [4.78, 5) is 0. The molecule has 2 N–H and O–H groups in total. The van der Waals surface area contributed by atoms with Gasteiger partial charge in [-0.05, 0) is 44.1 Å². The molecule has 3 nitrogen and oxygen atoms in total. The normalized spacial score (nSPS) is 12.2. The first-order valence-corrected chi connectivity index (χ1v) is 6.24. The zero-order chi connectivity index (χ0) is 12.7. The highest BCUT2D eigenvalue weighted by Crippen LogP contribution is 2.25. The van der Waals surface area contributed by atoms with Gasteiger partial charge in [-0.25, -0.2) is 0 Å². The van der Waals surface area contributed by atoms with E-state index >= 15 is 0 Å². The van der Waals surface area contributed by atoms with Crippen LogP contribution < -0.4 is 15.4 Å². The van der Waals surface area contributed by atoms with Crippen LogP contribution in [0.3, 0.4) is 0 Å². The summed E-state index contributed by atoms with van der Waals surface area (Å²) >= 11 is 0. The maximum absolute atomic E-state index is 5.35. The number of nitrogens with one attached hydrogen (secondary N) is 2. The van der Waals surface area contributed by atoms with Gasteiger partial charge in [0.05, 0.1) is 12.8 Å². The van der Waals surface area contributed by atoms with Crippen LogP contribution in [0.15, 0.2) is 18.2 Å². The van der Waals surface area contributed by atoms with Gasteiger partial charge in [-0.2, -0.15) is 0 Å². The third-order valence-corrected chi connectivity index (χ3v) is 3.01. The zero-order valence-electron chi connectivity index (χ0n) is 11.3. The van der Waals surface area contributed by atoms with Crippen molar-refractivity contribution in [3.8, 4) is 5.75 Å². The molecule has 0 spiro atoms. The van der Waals surface area contributed by atoms with E-state index in [9.17, 15) is 0 Å². The number of aryl methyl sites for hydroxylation is 1. The van der Waals surface area contributed by atoms with E-state index in [0.29, 0.717) is 5.92 Å². The number of anilines is 1. The van der Waals surface area contributed by atoms with Gasteiger partial charge < -0.3 is 15.4 Å². The maximum atomic E-state index is 5.35. The van der Waals surface area contributed by atoms with Crippen LogP contribution in [0.25, 0.3) is 0 Å². The largest absolute Gasteiger partial charge is 0.495 e. The minimum atomic E-state index is 0.644. The molecule has 0 aliphatic carbocycles. The topological polar surface area (TPSA) is 33.3 Å². The third kappa shape index (κ3) is 4.27. The van der Waals surface area contributed by atoms with Gasteiger partial charge in [0.1, 0.15) is 5.75 Å². The molecule has 1 atom stereocenters. The Balaban J connectivity index is 2.63. The van der Waals surface area contributed by atoms with Gasteiger partial charge in [0.15, 0.2) is 0 Å². The molecule has 3 heteroatoms. The van der Waals surface area contributed by atoms with Crippen molar-refractivity contribution in [2.24, 2.45) is 5.92 Å². The molecule has 0 bridgehead atoms. The van der Waals surface area contributed by atoms with Gasteiger partial charge in [0, 0.05) is 6.54 Å². The fourth-order valence-electron chi connectivity index (χ4n) is 1.86. The Morgan fingerprint density at radius 1 is 1.29 bits per heavy atom. The molecule has 17 heavy (non-hydrogen) atoms. The molecule has 1 aromatic rings. The van der Waals surface area contributed by atoms with Gasteiger partial charge in [0.2, 0.25) is 0 Å². The van der Waals surface area contributed by atoms with Gasteiger partial charge in [-0.1, -0.05) is 19.4 Å². The Morgan fingerprint density at radius 2 is 2.06 bits per heavy atom. The van der Waals surface area contributed by atoms with Crippen molar-refractivity contribution < 1.29 is 4.74 Å². The minimum absolute atomic E-state index is 0.644. The predicted molar refractivity (Wildman–Crippen MR) is 73.9 cm³/mol. The van der Waals surface area contributed by atoms with Crippen LogP contribution >= 0.6 is 0 Å². The molecule has 1 aromatic carbocycles. The van der Waals surface area contributed by atoms with E-state index in [1.165, 1.54) is 12.0 Å². The number of benzene rings is 1. The average Bonchev–Trinajstić information content (AvgIpc) is 2.34. The highest BCUT2D eigenvalue weighted by Gasteiger charge is 2.07. The highest BCUT2D eigenvalue weighted by atomic mass is 16.5. The van der Waals surface area contributed by atoms with Crippen molar-refractivity contribution in [1.82, 2.24) is 5.32 Å². The SMILES string of the molecule is CCC(CNC)CNc1cc(C)ccc1OC. The fourth-order valence-corrected chi connectivity index (χ4v) is 1.86. The molecule has 0 saturated carbocycles. The number of methoxy groups -OCH3 is 1. The van der Waals surface area contributed by atoms with Crippen LogP contribution in [0.1, 0.15) is 18.9 Å². The van der Waals surface area contributed by atoms with E-state index in [2.05, 4.69) is 36.6 Å². The number of rotatable bonds is 7. The maximum Gasteiger partial charge on any atom is 0.141 e. The van der Waals surface area contributed by atoms with Crippen molar-refractivity contribution >= 4 is 5.69 Å². The molecule has 0 aliphatic rings. The summed E-state index contributed by atoms with van der Waals surface area (Å²) in [6.45, 7) is 6.32. The van der Waals surface area contributed by atoms with Crippen LogP contribution in [0.4, 0.5) is 5.69 Å². The summed E-state index contributed by atoms with van der Waals surface area (Å²) in [5, 5.41) is 6.70. The lowest BCUT2D eigenvalue weighted by molar-refractivity contribution is 0.415. The first-order chi connectivity index (χ1) is 8.21. The lowest BCUT2D eigenvalue weighted by Gasteiger charge is -2.18. The van der Waals surface area contributed by atoms with Gasteiger partial charge >= 0.3 is 0 Å². The van der Waals surface area contributed by atoms with Crippen molar-refractivity contribution in [1.29, 1.82) is 0 Å². The van der Waals surface area contributed by atoms with E-state index in [0.717, 1.165) is 24.5 Å². The molecular formula is C14H24N2O. The molecule has 1 rings (SSSR count). The second-order valence-corrected chi connectivity index (χ2v) is 4.42. The molecule has 96 valence electrons. The second kappa shape index (κ2) is 7.17. The van der Waals surface area contributed by atoms with Crippen molar-refractivity contribution in [3.05, 3.63) is 23.8 Å². The van der Waals surface area contributed by atoms with E-state index in [1.54, 1.807) is 7.11 Å². The molecule has 1 unspecified atom stereocenters.